The molecule has 1 aliphatic rings. The third kappa shape index (κ3) is 4.69. The highest BCUT2D eigenvalue weighted by atomic mass is 32.1. The average Bonchev–Trinajstić information content (AvgIpc) is 3.16. The number of hydrogen-bond donors (Lipinski definition) is 0. The second-order valence-corrected chi connectivity index (χ2v) is 7.12. The molecule has 0 atom stereocenters. The van der Waals surface area contributed by atoms with E-state index in [1.54, 1.807) is 23.5 Å². The Labute approximate surface area is 160 Å². The van der Waals surface area contributed by atoms with Gasteiger partial charge in [-0.25, -0.2) is 0 Å². The average molecular weight is 412 g/mol. The summed E-state index contributed by atoms with van der Waals surface area (Å²) in [5.74, 6) is 0. The van der Waals surface area contributed by atoms with Gasteiger partial charge < -0.3 is 17.3 Å². The number of fused-ring (bicyclic) bond motifs is 3. The molecule has 6 nitrogen and oxygen atoms in total. The first-order valence-electron chi connectivity index (χ1n) is 8.12. The molecule has 0 fully saturated rings. The molecule has 0 unspecified atom stereocenters. The van der Waals surface area contributed by atoms with Crippen LogP contribution in [0.25, 0.3) is 16.6 Å². The van der Waals surface area contributed by atoms with Gasteiger partial charge in [0, 0.05) is 23.3 Å². The second kappa shape index (κ2) is 7.62. The number of aryl methyl sites for hydroxylation is 2. The molecule has 28 heavy (non-hydrogen) atoms. The molecule has 4 rings (SSSR count). The van der Waals surface area contributed by atoms with E-state index >= 15 is 0 Å². The van der Waals surface area contributed by atoms with Crippen LogP contribution in [0.15, 0.2) is 30.5 Å². The van der Waals surface area contributed by atoms with Crippen molar-refractivity contribution < 1.29 is 26.7 Å². The van der Waals surface area contributed by atoms with E-state index in [4.69, 9.17) is 0 Å². The summed E-state index contributed by atoms with van der Waals surface area (Å²) in [6.07, 6.45) is 5.74. The zero-order chi connectivity index (χ0) is 20.5. The molecule has 0 saturated heterocycles. The SMILES string of the molecule is Cc1n[n+]2c3c(cnc2s1)CC/C3=C/c1cccc([N+](=O)[O-])c1.F[B-](F)(F)F. The van der Waals surface area contributed by atoms with Crippen LogP contribution in [0.3, 0.4) is 0 Å². The van der Waals surface area contributed by atoms with Crippen molar-refractivity contribution in [2.24, 2.45) is 0 Å². The summed E-state index contributed by atoms with van der Waals surface area (Å²) in [4.78, 5) is 15.9. The van der Waals surface area contributed by atoms with Crippen LogP contribution in [0.4, 0.5) is 23.0 Å². The Kier molecular flexibility index (Phi) is 5.41. The molecule has 0 aliphatic heterocycles. The Morgan fingerprint density at radius 2 is 2.00 bits per heavy atom. The lowest BCUT2D eigenvalue weighted by molar-refractivity contribution is -0.581. The number of nitrogens with zero attached hydrogens (tertiary/aromatic N) is 4. The molecule has 0 bridgehead atoms. The molecule has 0 radical (unpaired) electrons. The summed E-state index contributed by atoms with van der Waals surface area (Å²) in [7, 11) is -6.00. The highest BCUT2D eigenvalue weighted by Crippen LogP contribution is 2.32. The van der Waals surface area contributed by atoms with Crippen LogP contribution in [0, 0.1) is 17.0 Å². The van der Waals surface area contributed by atoms with E-state index in [1.807, 2.05) is 29.8 Å². The first-order valence-corrected chi connectivity index (χ1v) is 8.93. The minimum absolute atomic E-state index is 0.106. The summed E-state index contributed by atoms with van der Waals surface area (Å²) in [5, 5.41) is 16.4. The normalized spacial score (nSPS) is 14.7. The lowest BCUT2D eigenvalue weighted by Crippen LogP contribution is -2.29. The Bertz CT molecular complexity index is 1080. The van der Waals surface area contributed by atoms with E-state index in [0.717, 1.165) is 39.6 Å². The predicted molar refractivity (Wildman–Crippen MR) is 97.3 cm³/mol. The van der Waals surface area contributed by atoms with Crippen molar-refractivity contribution in [3.63, 3.8) is 0 Å². The van der Waals surface area contributed by atoms with Crippen molar-refractivity contribution >= 4 is 40.9 Å². The Morgan fingerprint density at radius 1 is 1.29 bits per heavy atom. The molecule has 2 heterocycles. The third-order valence-electron chi connectivity index (χ3n) is 3.90. The Hall–Kier alpha value is -2.89. The minimum atomic E-state index is -6.00. The van der Waals surface area contributed by atoms with Gasteiger partial charge >= 0.3 is 12.2 Å². The second-order valence-electron chi connectivity index (χ2n) is 5.96. The van der Waals surface area contributed by atoms with E-state index in [2.05, 4.69) is 10.1 Å². The molecule has 1 aromatic carbocycles. The van der Waals surface area contributed by atoms with Gasteiger partial charge in [0.1, 0.15) is 11.2 Å². The molecule has 3 aromatic rings. The molecule has 1 aliphatic carbocycles. The number of halogens is 4. The number of nitro benzene ring substituents is 1. The van der Waals surface area contributed by atoms with Gasteiger partial charge in [-0.3, -0.25) is 10.1 Å². The zero-order valence-electron chi connectivity index (χ0n) is 14.5. The van der Waals surface area contributed by atoms with Gasteiger partial charge in [0.25, 0.3) is 5.69 Å². The quantitative estimate of drug-likeness (QED) is 0.207. The molecule has 0 spiro atoms. The fraction of sp³-hybridized carbons (Fsp3) is 0.188. The van der Waals surface area contributed by atoms with E-state index in [1.165, 1.54) is 11.6 Å². The molecule has 12 heteroatoms. The molecule has 2 aromatic heterocycles. The molecule has 0 saturated carbocycles. The summed E-state index contributed by atoms with van der Waals surface area (Å²) in [6, 6.07) is 6.70. The standard InChI is InChI=1S/C16H13N4O2S.BF4/c1-10-18-19-15-12(5-6-13(15)9-17-16(19)23-10)7-11-3-2-4-14(8-11)20(21)22;2-1(3,4)5/h2-4,7-9H,5-6H2,1H3;/q+1;-1/b12-7-;. The van der Waals surface area contributed by atoms with Gasteiger partial charge in [0.15, 0.2) is 5.69 Å². The largest absolute Gasteiger partial charge is 0.673 e. The van der Waals surface area contributed by atoms with Crippen molar-refractivity contribution in [1.29, 1.82) is 0 Å². The summed E-state index contributed by atoms with van der Waals surface area (Å²) < 4.78 is 40.9. The minimum Gasteiger partial charge on any atom is -0.418 e. The Morgan fingerprint density at radius 3 is 2.68 bits per heavy atom. The number of rotatable bonds is 2. The Balaban J connectivity index is 0.000000403. The number of non-ortho nitro benzene ring substituents is 1. The maximum atomic E-state index is 10.9. The topological polar surface area (TPSA) is 73.0 Å². The summed E-state index contributed by atoms with van der Waals surface area (Å²) in [6.45, 7) is 1.96. The lowest BCUT2D eigenvalue weighted by Gasteiger charge is -1.99. The van der Waals surface area contributed by atoms with Crippen molar-refractivity contribution in [2.75, 3.05) is 0 Å². The number of nitro groups is 1. The van der Waals surface area contributed by atoms with Crippen LogP contribution >= 0.6 is 11.3 Å². The van der Waals surface area contributed by atoms with Crippen molar-refractivity contribution in [2.45, 2.75) is 19.8 Å². The van der Waals surface area contributed by atoms with E-state index in [-0.39, 0.29) is 10.6 Å². The zero-order valence-corrected chi connectivity index (χ0v) is 15.3. The van der Waals surface area contributed by atoms with Crippen LogP contribution in [-0.4, -0.2) is 22.3 Å². The molecule has 146 valence electrons. The van der Waals surface area contributed by atoms with Crippen LogP contribution in [0.1, 0.15) is 28.2 Å². The number of hydrogen-bond acceptors (Lipinski definition) is 5. The predicted octanol–water partition coefficient (Wildman–Crippen LogP) is 4.28. The number of aromatic nitrogens is 3. The maximum absolute atomic E-state index is 10.9. The van der Waals surface area contributed by atoms with Crippen LogP contribution in [-0.2, 0) is 6.42 Å². The van der Waals surface area contributed by atoms with E-state index < -0.39 is 7.25 Å². The smallest absolute Gasteiger partial charge is 0.418 e. The van der Waals surface area contributed by atoms with Crippen LogP contribution in [0.5, 0.6) is 0 Å². The molecular weight excluding hydrogens is 399 g/mol. The fourth-order valence-electron chi connectivity index (χ4n) is 2.92. The van der Waals surface area contributed by atoms with Gasteiger partial charge in [0.2, 0.25) is 0 Å². The highest BCUT2D eigenvalue weighted by molar-refractivity contribution is 7.16. The van der Waals surface area contributed by atoms with Gasteiger partial charge in [-0.1, -0.05) is 21.7 Å². The van der Waals surface area contributed by atoms with Gasteiger partial charge in [-0.15, -0.1) is 0 Å². The van der Waals surface area contributed by atoms with Crippen molar-refractivity contribution in [3.05, 3.63) is 62.4 Å². The van der Waals surface area contributed by atoms with E-state index in [0.29, 0.717) is 0 Å². The van der Waals surface area contributed by atoms with Crippen molar-refractivity contribution in [3.8, 4) is 0 Å². The van der Waals surface area contributed by atoms with E-state index in [9.17, 15) is 27.4 Å². The summed E-state index contributed by atoms with van der Waals surface area (Å²) >= 11 is 1.56. The fourth-order valence-corrected chi connectivity index (χ4v) is 3.63. The highest BCUT2D eigenvalue weighted by Gasteiger charge is 2.28. The molecule has 0 N–H and O–H groups in total. The van der Waals surface area contributed by atoms with Crippen molar-refractivity contribution in [1.82, 2.24) is 10.1 Å². The number of allylic oxidation sites excluding steroid dienone is 1. The van der Waals surface area contributed by atoms with Gasteiger partial charge in [-0.05, 0) is 47.7 Å². The van der Waals surface area contributed by atoms with Crippen LogP contribution < -0.4 is 4.52 Å². The maximum Gasteiger partial charge on any atom is 0.673 e. The number of benzene rings is 1. The lowest BCUT2D eigenvalue weighted by atomic mass is 10.1. The molecular formula is C16H13BF4N4O2S. The van der Waals surface area contributed by atoms with Gasteiger partial charge in [0.05, 0.1) is 4.92 Å². The monoisotopic (exact) mass is 412 g/mol. The van der Waals surface area contributed by atoms with Gasteiger partial charge in [-0.2, -0.15) is 0 Å². The van der Waals surface area contributed by atoms with Crippen LogP contribution in [0.2, 0.25) is 0 Å². The first-order chi connectivity index (χ1) is 13.1. The molecule has 0 amide bonds. The first kappa shape index (κ1) is 19.9. The summed E-state index contributed by atoms with van der Waals surface area (Å²) in [5.41, 5.74) is 4.33. The third-order valence-corrected chi connectivity index (χ3v) is 4.74.